The van der Waals surface area contributed by atoms with Crippen molar-refractivity contribution in [3.63, 3.8) is 0 Å². The quantitative estimate of drug-likeness (QED) is 0.815. The number of alkyl halides is 3. The first-order chi connectivity index (χ1) is 11.5. The SMILES string of the molecule is CNS(=O)(=O)c1ccc(NS(=O)(=O)c2ccc(C(F)(F)F)cc2)cc1. The predicted octanol–water partition coefficient (Wildman–Crippen LogP) is 2.41. The molecule has 0 spiro atoms. The summed E-state index contributed by atoms with van der Waals surface area (Å²) in [6.07, 6.45) is -4.57. The van der Waals surface area contributed by atoms with Crippen LogP contribution >= 0.6 is 0 Å². The molecule has 2 aromatic carbocycles. The third-order valence-corrected chi connectivity index (χ3v) is 6.00. The van der Waals surface area contributed by atoms with E-state index in [1.807, 2.05) is 0 Å². The van der Waals surface area contributed by atoms with Gasteiger partial charge in [0.1, 0.15) is 0 Å². The Morgan fingerprint density at radius 1 is 0.760 bits per heavy atom. The van der Waals surface area contributed by atoms with Crippen LogP contribution in [0.3, 0.4) is 0 Å². The van der Waals surface area contributed by atoms with Crippen LogP contribution in [0.1, 0.15) is 5.56 Å². The van der Waals surface area contributed by atoms with Crippen molar-refractivity contribution in [3.05, 3.63) is 54.1 Å². The largest absolute Gasteiger partial charge is 0.416 e. The third kappa shape index (κ3) is 4.50. The smallest absolute Gasteiger partial charge is 0.280 e. The number of sulfonamides is 2. The van der Waals surface area contributed by atoms with Crippen LogP contribution in [0.25, 0.3) is 0 Å². The number of hydrogen-bond acceptors (Lipinski definition) is 4. The maximum atomic E-state index is 12.5. The Hall–Kier alpha value is -2.11. The van der Waals surface area contributed by atoms with Crippen LogP contribution in [0.4, 0.5) is 18.9 Å². The number of halogens is 3. The fourth-order valence-corrected chi connectivity index (χ4v) is 3.65. The number of hydrogen-bond donors (Lipinski definition) is 2. The molecule has 11 heteroatoms. The van der Waals surface area contributed by atoms with Crippen LogP contribution in [0.15, 0.2) is 58.3 Å². The van der Waals surface area contributed by atoms with E-state index in [1.165, 1.54) is 31.3 Å². The highest BCUT2D eigenvalue weighted by Gasteiger charge is 2.30. The van der Waals surface area contributed by atoms with Crippen molar-refractivity contribution in [1.82, 2.24) is 4.72 Å². The molecule has 0 heterocycles. The van der Waals surface area contributed by atoms with E-state index in [2.05, 4.69) is 9.44 Å². The zero-order chi connectivity index (χ0) is 18.9. The molecule has 0 saturated heterocycles. The van der Waals surface area contributed by atoms with Gasteiger partial charge >= 0.3 is 6.18 Å². The lowest BCUT2D eigenvalue weighted by Crippen LogP contribution is -2.18. The average molecular weight is 394 g/mol. The second kappa shape index (κ2) is 6.65. The molecule has 0 unspecified atom stereocenters. The van der Waals surface area contributed by atoms with Gasteiger partial charge in [0.05, 0.1) is 15.4 Å². The number of nitrogens with one attached hydrogen (secondary N) is 2. The molecule has 0 fully saturated rings. The molecule has 25 heavy (non-hydrogen) atoms. The van der Waals surface area contributed by atoms with E-state index >= 15 is 0 Å². The minimum Gasteiger partial charge on any atom is -0.280 e. The summed E-state index contributed by atoms with van der Waals surface area (Å²) in [6.45, 7) is 0. The number of rotatable bonds is 5. The summed E-state index contributed by atoms with van der Waals surface area (Å²) in [6, 6.07) is 7.84. The highest BCUT2D eigenvalue weighted by Crippen LogP contribution is 2.30. The van der Waals surface area contributed by atoms with Crippen molar-refractivity contribution in [2.24, 2.45) is 0 Å². The number of anilines is 1. The first-order valence-corrected chi connectivity index (χ1v) is 9.66. The van der Waals surface area contributed by atoms with Crippen LogP contribution in [0.2, 0.25) is 0 Å². The Balaban J connectivity index is 2.24. The molecule has 0 atom stereocenters. The van der Waals surface area contributed by atoms with Gasteiger partial charge in [-0.15, -0.1) is 0 Å². The molecule has 2 rings (SSSR count). The Morgan fingerprint density at radius 3 is 1.64 bits per heavy atom. The fourth-order valence-electron chi connectivity index (χ4n) is 1.86. The molecule has 0 aliphatic heterocycles. The van der Waals surface area contributed by atoms with Crippen molar-refractivity contribution < 1.29 is 30.0 Å². The average Bonchev–Trinajstić information content (AvgIpc) is 2.54. The van der Waals surface area contributed by atoms with E-state index in [4.69, 9.17) is 0 Å². The van der Waals surface area contributed by atoms with Crippen LogP contribution < -0.4 is 9.44 Å². The second-order valence-corrected chi connectivity index (χ2v) is 8.43. The van der Waals surface area contributed by atoms with Gasteiger partial charge in [-0.2, -0.15) is 13.2 Å². The zero-order valence-electron chi connectivity index (χ0n) is 12.7. The third-order valence-electron chi connectivity index (χ3n) is 3.18. The Kier molecular flexibility index (Phi) is 5.11. The Bertz CT molecular complexity index is 953. The maximum Gasteiger partial charge on any atom is 0.416 e. The lowest BCUT2D eigenvalue weighted by atomic mass is 10.2. The van der Waals surface area contributed by atoms with Crippen LogP contribution in [-0.4, -0.2) is 23.9 Å². The minimum atomic E-state index is -4.57. The van der Waals surface area contributed by atoms with E-state index in [9.17, 15) is 30.0 Å². The van der Waals surface area contributed by atoms with Gasteiger partial charge in [-0.05, 0) is 55.6 Å². The first-order valence-electron chi connectivity index (χ1n) is 6.69. The van der Waals surface area contributed by atoms with E-state index in [1.54, 1.807) is 0 Å². The zero-order valence-corrected chi connectivity index (χ0v) is 14.3. The molecular weight excluding hydrogens is 381 g/mol. The van der Waals surface area contributed by atoms with Crippen molar-refractivity contribution in [2.75, 3.05) is 11.8 Å². The molecule has 0 aromatic heterocycles. The monoisotopic (exact) mass is 394 g/mol. The van der Waals surface area contributed by atoms with Crippen molar-refractivity contribution in [3.8, 4) is 0 Å². The standard InChI is InChI=1S/C14H13F3N2O4S2/c1-18-24(20,21)12-8-4-11(5-9-12)19-25(22,23)13-6-2-10(3-7-13)14(15,16)17/h2-9,18-19H,1H3. The second-order valence-electron chi connectivity index (χ2n) is 4.86. The summed E-state index contributed by atoms with van der Waals surface area (Å²) in [4.78, 5) is -0.417. The van der Waals surface area contributed by atoms with E-state index < -0.39 is 31.8 Å². The summed E-state index contributed by atoms with van der Waals surface area (Å²) in [5.74, 6) is 0. The van der Waals surface area contributed by atoms with Gasteiger partial charge in [-0.25, -0.2) is 21.6 Å². The molecule has 0 bridgehead atoms. The molecular formula is C14H13F3N2O4S2. The molecule has 2 N–H and O–H groups in total. The summed E-state index contributed by atoms with van der Waals surface area (Å²) in [5, 5.41) is 0. The molecule has 136 valence electrons. The molecule has 0 saturated carbocycles. The normalized spacial score (nSPS) is 12.8. The summed E-state index contributed by atoms with van der Waals surface area (Å²) >= 11 is 0. The van der Waals surface area contributed by atoms with E-state index in [0.717, 1.165) is 12.1 Å². The molecule has 0 radical (unpaired) electrons. The van der Waals surface area contributed by atoms with Crippen molar-refractivity contribution in [1.29, 1.82) is 0 Å². The molecule has 0 amide bonds. The fraction of sp³-hybridized carbons (Fsp3) is 0.143. The van der Waals surface area contributed by atoms with Crippen LogP contribution in [0.5, 0.6) is 0 Å². The summed E-state index contributed by atoms with van der Waals surface area (Å²) in [5.41, 5.74) is -0.900. The summed E-state index contributed by atoms with van der Waals surface area (Å²) in [7, 11) is -6.54. The Labute approximate surface area is 142 Å². The predicted molar refractivity (Wildman–Crippen MR) is 84.9 cm³/mol. The summed E-state index contributed by atoms with van der Waals surface area (Å²) < 4.78 is 89.3. The van der Waals surface area contributed by atoms with Gasteiger partial charge in [0.15, 0.2) is 0 Å². The van der Waals surface area contributed by atoms with Gasteiger partial charge < -0.3 is 0 Å². The Morgan fingerprint density at radius 2 is 1.20 bits per heavy atom. The van der Waals surface area contributed by atoms with Gasteiger partial charge in [-0.1, -0.05) is 0 Å². The van der Waals surface area contributed by atoms with Crippen LogP contribution in [0, 0.1) is 0 Å². The van der Waals surface area contributed by atoms with Gasteiger partial charge in [-0.3, -0.25) is 4.72 Å². The minimum absolute atomic E-state index is 0.0625. The van der Waals surface area contributed by atoms with Gasteiger partial charge in [0, 0.05) is 5.69 Å². The van der Waals surface area contributed by atoms with E-state index in [-0.39, 0.29) is 15.5 Å². The van der Waals surface area contributed by atoms with Gasteiger partial charge in [0.25, 0.3) is 10.0 Å². The lowest BCUT2D eigenvalue weighted by molar-refractivity contribution is -0.137. The van der Waals surface area contributed by atoms with Crippen LogP contribution in [-0.2, 0) is 26.2 Å². The van der Waals surface area contributed by atoms with Crippen molar-refractivity contribution in [2.45, 2.75) is 16.0 Å². The topological polar surface area (TPSA) is 92.3 Å². The molecule has 0 aliphatic rings. The molecule has 2 aromatic rings. The first kappa shape index (κ1) is 19.2. The maximum absolute atomic E-state index is 12.5. The highest BCUT2D eigenvalue weighted by atomic mass is 32.2. The molecule has 6 nitrogen and oxygen atoms in total. The lowest BCUT2D eigenvalue weighted by Gasteiger charge is -2.10. The highest BCUT2D eigenvalue weighted by molar-refractivity contribution is 7.92. The van der Waals surface area contributed by atoms with Gasteiger partial charge in [0.2, 0.25) is 10.0 Å². The van der Waals surface area contributed by atoms with Crippen molar-refractivity contribution >= 4 is 25.7 Å². The molecule has 0 aliphatic carbocycles. The van der Waals surface area contributed by atoms with E-state index in [0.29, 0.717) is 12.1 Å². The number of benzene rings is 2.